The van der Waals surface area contributed by atoms with Crippen LogP contribution in [0.1, 0.15) is 21.5 Å². The number of amides is 1. The molecule has 0 saturated carbocycles. The van der Waals surface area contributed by atoms with Crippen LogP contribution in [-0.2, 0) is 22.3 Å². The number of halogens is 3. The number of alkyl halides is 3. The van der Waals surface area contributed by atoms with Gasteiger partial charge in [0.05, 0.1) is 18.2 Å². The highest BCUT2D eigenvalue weighted by Crippen LogP contribution is 2.29. The van der Waals surface area contributed by atoms with Gasteiger partial charge in [0, 0.05) is 6.54 Å². The summed E-state index contributed by atoms with van der Waals surface area (Å²) >= 11 is 0. The molecule has 2 rings (SSSR count). The number of esters is 1. The number of nitrogens with one attached hydrogen (secondary N) is 1. The summed E-state index contributed by atoms with van der Waals surface area (Å²) in [4.78, 5) is 23.6. The molecule has 0 spiro atoms. The van der Waals surface area contributed by atoms with Crippen molar-refractivity contribution in [3.8, 4) is 5.75 Å². The number of hydrogen-bond donors (Lipinski definition) is 1. The lowest BCUT2D eigenvalue weighted by Crippen LogP contribution is -2.28. The third kappa shape index (κ3) is 5.51. The van der Waals surface area contributed by atoms with Crippen LogP contribution in [0.5, 0.6) is 5.75 Å². The van der Waals surface area contributed by atoms with Crippen molar-refractivity contribution in [3.63, 3.8) is 0 Å². The Kier molecular flexibility index (Phi) is 6.21. The fourth-order valence-corrected chi connectivity index (χ4v) is 2.07. The quantitative estimate of drug-likeness (QED) is 0.797. The Hall–Kier alpha value is -3.03. The molecule has 0 atom stereocenters. The maximum Gasteiger partial charge on any atom is 0.416 e. The van der Waals surface area contributed by atoms with Gasteiger partial charge in [-0.25, -0.2) is 4.79 Å². The Morgan fingerprint density at radius 3 is 2.50 bits per heavy atom. The number of carbonyl (C=O) groups is 2. The fraction of sp³-hybridized carbons (Fsp3) is 0.222. The largest absolute Gasteiger partial charge is 0.497 e. The lowest BCUT2D eigenvalue weighted by molar-refractivity contribution is -0.137. The molecular formula is C18H16F3NO4. The average Bonchev–Trinajstić information content (AvgIpc) is 2.64. The first kappa shape index (κ1) is 19.3. The molecule has 0 aliphatic rings. The number of rotatable bonds is 6. The van der Waals surface area contributed by atoms with E-state index in [9.17, 15) is 22.8 Å². The summed E-state index contributed by atoms with van der Waals surface area (Å²) in [5, 5.41) is 2.40. The second-order valence-electron chi connectivity index (χ2n) is 5.28. The molecule has 1 amide bonds. The van der Waals surface area contributed by atoms with Crippen LogP contribution in [0.2, 0.25) is 0 Å². The number of carbonyl (C=O) groups excluding carboxylic acids is 2. The van der Waals surface area contributed by atoms with E-state index >= 15 is 0 Å². The standard InChI is InChI=1S/C18H16F3NO4/c1-25-15-7-3-5-13(9-15)17(24)26-11-16(23)22-10-12-4-2-6-14(8-12)18(19,20)21/h2-9H,10-11H2,1H3,(H,22,23). The van der Waals surface area contributed by atoms with Gasteiger partial charge < -0.3 is 14.8 Å². The SMILES string of the molecule is COc1cccc(C(=O)OCC(=O)NCc2cccc(C(F)(F)F)c2)c1. The van der Waals surface area contributed by atoms with Crippen LogP contribution in [0.3, 0.4) is 0 Å². The summed E-state index contributed by atoms with van der Waals surface area (Å²) in [5.74, 6) is -0.870. The topological polar surface area (TPSA) is 64.6 Å². The van der Waals surface area contributed by atoms with E-state index in [0.29, 0.717) is 5.75 Å². The normalized spacial score (nSPS) is 10.9. The number of benzene rings is 2. The van der Waals surface area contributed by atoms with Crippen molar-refractivity contribution < 1.29 is 32.2 Å². The maximum absolute atomic E-state index is 12.6. The van der Waals surface area contributed by atoms with Crippen molar-refractivity contribution in [2.45, 2.75) is 12.7 Å². The molecule has 0 saturated heterocycles. The summed E-state index contributed by atoms with van der Waals surface area (Å²) in [6, 6.07) is 10.8. The minimum atomic E-state index is -4.45. The van der Waals surface area contributed by atoms with Crippen molar-refractivity contribution in [2.24, 2.45) is 0 Å². The third-order valence-electron chi connectivity index (χ3n) is 3.38. The van der Waals surface area contributed by atoms with Crippen LogP contribution in [-0.4, -0.2) is 25.6 Å². The Balaban J connectivity index is 1.84. The maximum atomic E-state index is 12.6. The van der Waals surface area contributed by atoms with E-state index in [0.717, 1.165) is 12.1 Å². The van der Waals surface area contributed by atoms with E-state index in [1.807, 2.05) is 0 Å². The zero-order chi connectivity index (χ0) is 19.2. The van der Waals surface area contributed by atoms with Crippen LogP contribution in [0, 0.1) is 0 Å². The van der Waals surface area contributed by atoms with Crippen molar-refractivity contribution in [1.29, 1.82) is 0 Å². The van der Waals surface area contributed by atoms with Crippen LogP contribution >= 0.6 is 0 Å². The first-order valence-corrected chi connectivity index (χ1v) is 7.53. The number of hydrogen-bond acceptors (Lipinski definition) is 4. The highest BCUT2D eigenvalue weighted by Gasteiger charge is 2.30. The Labute approximate surface area is 147 Å². The van der Waals surface area contributed by atoms with Crippen molar-refractivity contribution in [3.05, 3.63) is 65.2 Å². The van der Waals surface area contributed by atoms with Gasteiger partial charge >= 0.3 is 12.1 Å². The summed E-state index contributed by atoms with van der Waals surface area (Å²) < 4.78 is 47.8. The molecule has 0 radical (unpaired) electrons. The molecule has 0 aliphatic heterocycles. The molecule has 8 heteroatoms. The third-order valence-corrected chi connectivity index (χ3v) is 3.38. The highest BCUT2D eigenvalue weighted by molar-refractivity contribution is 5.91. The second kappa shape index (κ2) is 8.37. The first-order chi connectivity index (χ1) is 12.3. The molecule has 1 N–H and O–H groups in total. The molecule has 2 aromatic rings. The summed E-state index contributed by atoms with van der Waals surface area (Å²) in [6.07, 6.45) is -4.45. The van der Waals surface area contributed by atoms with Gasteiger partial charge in [-0.15, -0.1) is 0 Å². The van der Waals surface area contributed by atoms with Gasteiger partial charge in [-0.05, 0) is 35.9 Å². The minimum Gasteiger partial charge on any atom is -0.497 e. The average molecular weight is 367 g/mol. The number of ether oxygens (including phenoxy) is 2. The molecule has 26 heavy (non-hydrogen) atoms. The number of methoxy groups -OCH3 is 1. The zero-order valence-corrected chi connectivity index (χ0v) is 13.8. The Bertz CT molecular complexity index is 790. The molecule has 0 fully saturated rings. The first-order valence-electron chi connectivity index (χ1n) is 7.53. The van der Waals surface area contributed by atoms with Gasteiger partial charge in [0.2, 0.25) is 0 Å². The van der Waals surface area contributed by atoms with Gasteiger partial charge in [0.1, 0.15) is 5.75 Å². The fourth-order valence-electron chi connectivity index (χ4n) is 2.07. The second-order valence-corrected chi connectivity index (χ2v) is 5.28. The van der Waals surface area contributed by atoms with Crippen LogP contribution in [0.15, 0.2) is 48.5 Å². The van der Waals surface area contributed by atoms with Crippen LogP contribution in [0.25, 0.3) is 0 Å². The molecule has 0 unspecified atom stereocenters. The van der Waals surface area contributed by atoms with E-state index in [4.69, 9.17) is 9.47 Å². The lowest BCUT2D eigenvalue weighted by atomic mass is 10.1. The highest BCUT2D eigenvalue weighted by atomic mass is 19.4. The molecule has 0 aromatic heterocycles. The molecule has 0 bridgehead atoms. The molecule has 0 heterocycles. The van der Waals surface area contributed by atoms with E-state index < -0.39 is 30.2 Å². The van der Waals surface area contributed by atoms with Crippen LogP contribution < -0.4 is 10.1 Å². The van der Waals surface area contributed by atoms with Crippen molar-refractivity contribution in [2.75, 3.05) is 13.7 Å². The Morgan fingerprint density at radius 2 is 1.81 bits per heavy atom. The molecule has 5 nitrogen and oxygen atoms in total. The molecule has 2 aromatic carbocycles. The molecular weight excluding hydrogens is 351 g/mol. The summed E-state index contributed by atoms with van der Waals surface area (Å²) in [5.41, 5.74) is -0.295. The van der Waals surface area contributed by atoms with Gasteiger partial charge in [0.25, 0.3) is 5.91 Å². The van der Waals surface area contributed by atoms with E-state index in [1.54, 1.807) is 12.1 Å². The molecule has 138 valence electrons. The monoisotopic (exact) mass is 367 g/mol. The summed E-state index contributed by atoms with van der Waals surface area (Å²) in [7, 11) is 1.45. The van der Waals surface area contributed by atoms with Gasteiger partial charge in [0.15, 0.2) is 6.61 Å². The van der Waals surface area contributed by atoms with Gasteiger partial charge in [-0.1, -0.05) is 18.2 Å². The smallest absolute Gasteiger partial charge is 0.416 e. The van der Waals surface area contributed by atoms with E-state index in [2.05, 4.69) is 5.32 Å². The lowest BCUT2D eigenvalue weighted by Gasteiger charge is -2.10. The predicted molar refractivity (Wildman–Crippen MR) is 86.6 cm³/mol. The van der Waals surface area contributed by atoms with E-state index in [1.165, 1.54) is 31.4 Å². The van der Waals surface area contributed by atoms with E-state index in [-0.39, 0.29) is 17.7 Å². The minimum absolute atomic E-state index is 0.112. The van der Waals surface area contributed by atoms with Crippen molar-refractivity contribution in [1.82, 2.24) is 5.32 Å². The predicted octanol–water partition coefficient (Wildman–Crippen LogP) is 3.19. The Morgan fingerprint density at radius 1 is 1.08 bits per heavy atom. The van der Waals surface area contributed by atoms with Gasteiger partial charge in [-0.3, -0.25) is 4.79 Å². The summed E-state index contributed by atoms with van der Waals surface area (Å²) in [6.45, 7) is -0.658. The van der Waals surface area contributed by atoms with Gasteiger partial charge in [-0.2, -0.15) is 13.2 Å². The van der Waals surface area contributed by atoms with Crippen molar-refractivity contribution >= 4 is 11.9 Å². The zero-order valence-electron chi connectivity index (χ0n) is 13.8. The molecule has 0 aliphatic carbocycles. The van der Waals surface area contributed by atoms with Crippen LogP contribution in [0.4, 0.5) is 13.2 Å².